The van der Waals surface area contributed by atoms with Gasteiger partial charge in [-0.1, -0.05) is 0 Å². The molecular weight excluding hydrogens is 300 g/mol. The molecule has 3 fully saturated rings. The Labute approximate surface area is 134 Å². The second kappa shape index (κ2) is 4.30. The van der Waals surface area contributed by atoms with Crippen LogP contribution in [-0.4, -0.2) is 45.9 Å². The zero-order valence-electron chi connectivity index (χ0n) is 14.0. The van der Waals surface area contributed by atoms with Gasteiger partial charge in [0.05, 0.1) is 12.5 Å². The van der Waals surface area contributed by atoms with Gasteiger partial charge in [0.1, 0.15) is 22.7 Å². The molecule has 4 aliphatic carbocycles. The van der Waals surface area contributed by atoms with Crippen molar-refractivity contribution in [1.29, 1.82) is 0 Å². The van der Waals surface area contributed by atoms with Crippen molar-refractivity contribution in [3.8, 4) is 0 Å². The van der Waals surface area contributed by atoms with Crippen LogP contribution in [0.2, 0.25) is 0 Å². The number of rotatable bonds is 1. The number of carbonyl (C=O) groups excluding carboxylic acids is 3. The van der Waals surface area contributed by atoms with Gasteiger partial charge in [-0.2, -0.15) is 0 Å². The van der Waals surface area contributed by atoms with Crippen LogP contribution >= 0.6 is 0 Å². The van der Waals surface area contributed by atoms with Crippen LogP contribution in [0, 0.1) is 23.2 Å². The second-order valence-electron chi connectivity index (χ2n) is 7.59. The van der Waals surface area contributed by atoms with E-state index in [-0.39, 0.29) is 23.5 Å². The minimum Gasteiger partial charge on any atom is -0.500 e. The Morgan fingerprint density at radius 3 is 2.17 bits per heavy atom. The molecule has 0 heterocycles. The first-order chi connectivity index (χ1) is 10.4. The highest BCUT2D eigenvalue weighted by atomic mass is 16.5. The molecule has 5 unspecified atom stereocenters. The molecule has 0 spiro atoms. The van der Waals surface area contributed by atoms with Crippen LogP contribution in [0.3, 0.4) is 0 Å². The summed E-state index contributed by atoms with van der Waals surface area (Å²) >= 11 is 0. The van der Waals surface area contributed by atoms with Gasteiger partial charge in [-0.25, -0.2) is 0 Å². The maximum absolute atomic E-state index is 12.8. The highest BCUT2D eigenvalue weighted by molar-refractivity contribution is 6.15. The number of ketones is 3. The van der Waals surface area contributed by atoms with Crippen molar-refractivity contribution < 1.29 is 29.3 Å². The quantitative estimate of drug-likeness (QED) is 0.678. The molecule has 3 saturated carbocycles. The molecule has 0 saturated heterocycles. The predicted octanol–water partition coefficient (Wildman–Crippen LogP) is 0.402. The molecule has 4 aliphatic rings. The Hall–Kier alpha value is -1.53. The zero-order valence-corrected chi connectivity index (χ0v) is 14.0. The van der Waals surface area contributed by atoms with E-state index in [1.165, 1.54) is 34.8 Å². The Kier molecular flexibility index (Phi) is 3.05. The van der Waals surface area contributed by atoms with Crippen LogP contribution in [0.4, 0.5) is 0 Å². The number of hydrogen-bond acceptors (Lipinski definition) is 6. The third-order valence-corrected chi connectivity index (χ3v) is 6.37. The molecule has 4 rings (SSSR count). The van der Waals surface area contributed by atoms with Crippen molar-refractivity contribution in [3.63, 3.8) is 0 Å². The van der Waals surface area contributed by atoms with Crippen molar-refractivity contribution in [1.82, 2.24) is 0 Å². The van der Waals surface area contributed by atoms with Gasteiger partial charge in [0, 0.05) is 29.7 Å². The molecule has 0 radical (unpaired) electrons. The van der Waals surface area contributed by atoms with Gasteiger partial charge >= 0.3 is 0 Å². The van der Waals surface area contributed by atoms with Crippen molar-refractivity contribution in [2.45, 2.75) is 45.3 Å². The Morgan fingerprint density at radius 2 is 1.65 bits per heavy atom. The Bertz CT molecular complexity index is 671. The second-order valence-corrected chi connectivity index (χ2v) is 7.59. The number of ether oxygens (including phenoxy) is 1. The number of allylic oxidation sites excluding steroid dienone is 1. The summed E-state index contributed by atoms with van der Waals surface area (Å²) in [7, 11) is 1.39. The maximum atomic E-state index is 12.8. The number of carbonyl (C=O) groups is 3. The summed E-state index contributed by atoms with van der Waals surface area (Å²) in [6, 6.07) is 0. The summed E-state index contributed by atoms with van der Waals surface area (Å²) in [5, 5.41) is 21.6. The molecule has 23 heavy (non-hydrogen) atoms. The molecule has 2 N–H and O–H groups in total. The van der Waals surface area contributed by atoms with Crippen LogP contribution in [0.5, 0.6) is 0 Å². The van der Waals surface area contributed by atoms with E-state index in [0.717, 1.165) is 0 Å². The first-order valence-corrected chi connectivity index (χ1v) is 7.76. The highest BCUT2D eigenvalue weighted by Crippen LogP contribution is 2.63. The normalized spacial score (nSPS) is 49.5. The van der Waals surface area contributed by atoms with E-state index in [1.807, 2.05) is 0 Å². The van der Waals surface area contributed by atoms with Crippen LogP contribution in [0.25, 0.3) is 0 Å². The summed E-state index contributed by atoms with van der Waals surface area (Å²) in [4.78, 5) is 38.0. The molecule has 0 amide bonds. The predicted molar refractivity (Wildman–Crippen MR) is 79.2 cm³/mol. The monoisotopic (exact) mass is 322 g/mol. The SMILES string of the molecule is COC1=C(C)C(=O)[C@](C)(O)C2C3CC(=O)C(C)(C(=O)C3(C)O)C12. The van der Waals surface area contributed by atoms with E-state index in [0.29, 0.717) is 0 Å². The van der Waals surface area contributed by atoms with Gasteiger partial charge in [-0.05, 0) is 27.7 Å². The first-order valence-electron chi connectivity index (χ1n) is 7.76. The molecule has 0 aliphatic heterocycles. The van der Waals surface area contributed by atoms with Gasteiger partial charge in [0.15, 0.2) is 11.6 Å². The summed E-state index contributed by atoms with van der Waals surface area (Å²) in [5.74, 6) is -3.33. The van der Waals surface area contributed by atoms with E-state index in [4.69, 9.17) is 4.74 Å². The van der Waals surface area contributed by atoms with E-state index in [9.17, 15) is 24.6 Å². The molecule has 0 aromatic rings. The molecule has 0 aromatic heterocycles. The molecule has 2 bridgehead atoms. The van der Waals surface area contributed by atoms with E-state index < -0.39 is 45.9 Å². The van der Waals surface area contributed by atoms with Crippen molar-refractivity contribution >= 4 is 17.3 Å². The lowest BCUT2D eigenvalue weighted by Gasteiger charge is -2.62. The van der Waals surface area contributed by atoms with E-state index >= 15 is 0 Å². The van der Waals surface area contributed by atoms with Crippen LogP contribution in [0.1, 0.15) is 34.1 Å². The summed E-state index contributed by atoms with van der Waals surface area (Å²) in [6.07, 6.45) is -0.0319. The lowest BCUT2D eigenvalue weighted by molar-refractivity contribution is -0.212. The van der Waals surface area contributed by atoms with E-state index in [1.54, 1.807) is 0 Å². The molecular formula is C17H22O6. The van der Waals surface area contributed by atoms with Crippen LogP contribution < -0.4 is 0 Å². The van der Waals surface area contributed by atoms with Gasteiger partial charge in [-0.15, -0.1) is 0 Å². The first kappa shape index (κ1) is 16.3. The van der Waals surface area contributed by atoms with Gasteiger partial charge < -0.3 is 14.9 Å². The standard InChI is InChI=1S/C17H22O6/c1-7-12(23-5)11-10(17(4,22)13(7)19)8-6-9(18)15(11,2)14(20)16(8,3)21/h8,10-11,21-22H,6H2,1-5H3/t8?,10?,11?,15?,16?,17-/m1/s1. The zero-order chi connectivity index (χ0) is 17.5. The van der Waals surface area contributed by atoms with Crippen LogP contribution in [-0.2, 0) is 19.1 Å². The largest absolute Gasteiger partial charge is 0.500 e. The number of fused-ring (bicyclic) bond motifs is 2. The fourth-order valence-electron chi connectivity index (χ4n) is 5.11. The lowest BCUT2D eigenvalue weighted by atomic mass is 9.41. The van der Waals surface area contributed by atoms with Gasteiger partial charge in [0.2, 0.25) is 0 Å². The average Bonchev–Trinajstić information content (AvgIpc) is 2.46. The topological polar surface area (TPSA) is 101 Å². The molecule has 126 valence electrons. The summed E-state index contributed by atoms with van der Waals surface area (Å²) in [5.41, 5.74) is -4.78. The fraction of sp³-hybridized carbons (Fsp3) is 0.706. The summed E-state index contributed by atoms with van der Waals surface area (Å²) < 4.78 is 5.38. The number of Topliss-reactive ketones (excluding diaryl/α,β-unsaturated/α-hetero) is 3. The Balaban J connectivity index is 2.35. The van der Waals surface area contributed by atoms with Crippen molar-refractivity contribution in [2.24, 2.45) is 23.2 Å². The van der Waals surface area contributed by atoms with E-state index in [2.05, 4.69) is 0 Å². The highest BCUT2D eigenvalue weighted by Gasteiger charge is 2.74. The average molecular weight is 322 g/mol. The third kappa shape index (κ3) is 1.58. The number of aliphatic hydroxyl groups is 2. The molecule has 6 nitrogen and oxygen atoms in total. The molecule has 6 atom stereocenters. The fourth-order valence-corrected chi connectivity index (χ4v) is 5.11. The summed E-state index contributed by atoms with van der Waals surface area (Å²) in [6.45, 7) is 5.80. The maximum Gasteiger partial charge on any atom is 0.193 e. The minimum absolute atomic E-state index is 0.0319. The van der Waals surface area contributed by atoms with Crippen LogP contribution in [0.15, 0.2) is 11.3 Å². The molecule has 6 heteroatoms. The minimum atomic E-state index is -1.76. The molecule has 0 aromatic carbocycles. The van der Waals surface area contributed by atoms with Crippen molar-refractivity contribution in [3.05, 3.63) is 11.3 Å². The Morgan fingerprint density at radius 1 is 1.09 bits per heavy atom. The smallest absolute Gasteiger partial charge is 0.193 e. The number of hydrogen-bond donors (Lipinski definition) is 2. The third-order valence-electron chi connectivity index (χ3n) is 6.37. The van der Waals surface area contributed by atoms with Crippen molar-refractivity contribution in [2.75, 3.05) is 7.11 Å². The lowest BCUT2D eigenvalue weighted by Crippen LogP contribution is -2.75. The van der Waals surface area contributed by atoms with Gasteiger partial charge in [-0.3, -0.25) is 14.4 Å². The number of methoxy groups -OCH3 is 1. The van der Waals surface area contributed by atoms with Gasteiger partial charge in [0.25, 0.3) is 0 Å².